The van der Waals surface area contributed by atoms with Crippen molar-refractivity contribution in [3.63, 3.8) is 0 Å². The van der Waals surface area contributed by atoms with Crippen molar-refractivity contribution in [1.82, 2.24) is 74.8 Å². The van der Waals surface area contributed by atoms with Crippen LogP contribution in [0.1, 0.15) is 55.6 Å². The molecule has 5 fully saturated rings. The number of carbonyl (C=O) groups is 4. The topological polar surface area (TPSA) is 361 Å². The van der Waals surface area contributed by atoms with E-state index in [2.05, 4.69) is 119 Å². The van der Waals surface area contributed by atoms with Crippen molar-refractivity contribution in [2.75, 3.05) is 144 Å². The summed E-state index contributed by atoms with van der Waals surface area (Å²) in [6.07, 6.45) is 26.9. The third kappa shape index (κ3) is 14.8. The molecule has 8 bridgehead atoms. The lowest BCUT2D eigenvalue weighted by Gasteiger charge is -2.37. The van der Waals surface area contributed by atoms with E-state index in [1.807, 2.05) is 75.4 Å². The van der Waals surface area contributed by atoms with Crippen molar-refractivity contribution < 1.29 is 28.3 Å². The van der Waals surface area contributed by atoms with Crippen molar-refractivity contribution >= 4 is 99.1 Å². The minimum absolute atomic E-state index is 0.0633. The molecule has 0 spiro atoms. The van der Waals surface area contributed by atoms with Gasteiger partial charge in [-0.05, 0) is 119 Å². The second kappa shape index (κ2) is 31.2. The van der Waals surface area contributed by atoms with Gasteiger partial charge in [-0.2, -0.15) is 0 Å². The van der Waals surface area contributed by atoms with Crippen LogP contribution in [0.15, 0.2) is 164 Å². The number of rotatable bonds is 9. The van der Waals surface area contributed by atoms with Gasteiger partial charge in [0.1, 0.15) is 17.8 Å². The summed E-state index contributed by atoms with van der Waals surface area (Å²) >= 11 is 0. The lowest BCUT2D eigenvalue weighted by molar-refractivity contribution is 0.122. The number of pyridine rings is 6. The lowest BCUT2D eigenvalue weighted by atomic mass is 10.1. The van der Waals surface area contributed by atoms with Crippen LogP contribution in [0, 0.1) is 20.8 Å². The lowest BCUT2D eigenvalue weighted by Crippen LogP contribution is -2.48. The summed E-state index contributed by atoms with van der Waals surface area (Å²) in [5.41, 5.74) is 11.5. The summed E-state index contributed by atoms with van der Waals surface area (Å²) in [4.78, 5) is 136. The first kappa shape index (κ1) is 71.4. The number of carbonyl (C=O) groups excluding carboxylic acids is 4. The molecule has 0 aromatic carbocycles. The number of urea groups is 4. The van der Waals surface area contributed by atoms with E-state index in [9.17, 15) is 19.2 Å². The normalized spacial score (nSPS) is 18.3. The molecule has 5 saturated heterocycles. The minimum Gasteiger partial charge on any atom is -0.439 e. The van der Waals surface area contributed by atoms with Gasteiger partial charge in [-0.3, -0.25) is 60.5 Å². The number of nitrogens with one attached hydrogen (secondary N) is 4. The molecule has 8 amide bonds. The molecular weight excluding hydrogens is 1430 g/mol. The van der Waals surface area contributed by atoms with Crippen molar-refractivity contribution in [3.05, 3.63) is 183 Å². The standard InChI is InChI=1S/C22H23N7O.C20H19N7O.C18H17N7O2.C18H21N7O2/c1-3-16-11-25-20(12-24-16)27-22(30)29-17-7-9-28(13-17)19-5-4-18(26-21(19)29)15-6-8-23-14(2)10-15;1-13-8-14(4-6-23-13)17-2-3-18-19(25-17)27(16-5-7-26(18)11-16)20(28)24-15-9-21-12-22-10-15;1-11-21-8-15(27-11)13-2-3-14-17(22-13)25(12-4-7-24(14)10-12)18(26)23-16-9-19-5-6-20-16;26-18(21-15-11-19-4-5-20-15)25-13-3-6-24(12-13)14-1-2-16(22-17(14)25)23-7-9-27-10-8-23/h4-6,8,10-12,17H,3,7,9,13H2,1-2H3,(H,25,27,30);2-4,6,8-10,12,16H,5,7,11H2,1H3,(H,24,28);2-3,5-6,8-9,12H,4,7,10H2,1H3,(H,20,23,26);1-2,4-5,11,13H,3,6-10,12H2,(H,20,21,26)/t17-;16-;12-;13-/m0000/s1. The molecule has 4 atom stereocenters. The molecule has 0 saturated carbocycles. The van der Waals surface area contributed by atoms with Gasteiger partial charge >= 0.3 is 24.1 Å². The SMILES string of the molecule is CCc1cnc(NC(=O)N2c3nc(-c4ccnc(C)c4)ccc3N3CC[C@H]2C3)cn1.Cc1cc(-c2ccc3c(n2)N(C(=O)Nc2cncnc2)[C@H]2CCN3C2)ccn1.Cc1ncc(-c2ccc3c(n2)N(C(=O)Nc2cnccn2)[C@H]2CCN3C2)o1.O=C(Nc1cnccn1)N1c2nc(N3CCOCC3)ccc2N2CC[C@H]1C2. The summed E-state index contributed by atoms with van der Waals surface area (Å²) in [6.45, 7) is 17.7. The Balaban J connectivity index is 0.000000108. The average Bonchev–Trinajstić information content (AvgIpc) is 1.60. The molecule has 20 heterocycles. The molecule has 11 aromatic heterocycles. The number of morpholine rings is 1. The van der Waals surface area contributed by atoms with Gasteiger partial charge in [0.15, 0.2) is 52.4 Å². The van der Waals surface area contributed by atoms with Crippen LogP contribution in [-0.2, 0) is 11.2 Å². The van der Waals surface area contributed by atoms with Gasteiger partial charge in [-0.25, -0.2) is 69.0 Å². The van der Waals surface area contributed by atoms with Gasteiger partial charge in [0.2, 0.25) is 0 Å². The Kier molecular flexibility index (Phi) is 19.9. The van der Waals surface area contributed by atoms with Crippen LogP contribution in [0.5, 0.6) is 0 Å². The van der Waals surface area contributed by atoms with Gasteiger partial charge < -0.3 is 39.0 Å². The zero-order valence-corrected chi connectivity index (χ0v) is 62.0. The third-order valence-corrected chi connectivity index (χ3v) is 21.0. The molecular formula is C78H80N28O6. The number of aryl methyl sites for hydroxylation is 4. The highest BCUT2D eigenvalue weighted by Gasteiger charge is 2.45. The zero-order valence-electron chi connectivity index (χ0n) is 62.0. The summed E-state index contributed by atoms with van der Waals surface area (Å²) in [7, 11) is 0. The number of amides is 8. The van der Waals surface area contributed by atoms with Crippen molar-refractivity contribution in [1.29, 1.82) is 0 Å². The molecule has 34 heteroatoms. The minimum atomic E-state index is -0.262. The van der Waals surface area contributed by atoms with Crippen molar-refractivity contribution in [2.24, 2.45) is 0 Å². The van der Waals surface area contributed by atoms with Crippen LogP contribution in [0.25, 0.3) is 34.0 Å². The van der Waals surface area contributed by atoms with E-state index in [-0.39, 0.29) is 48.3 Å². The Morgan fingerprint density at radius 3 is 1.29 bits per heavy atom. The molecule has 9 aliphatic heterocycles. The molecule has 4 N–H and O–H groups in total. The predicted molar refractivity (Wildman–Crippen MR) is 422 cm³/mol. The van der Waals surface area contributed by atoms with Gasteiger partial charge in [0, 0.05) is 132 Å². The second-order valence-corrected chi connectivity index (χ2v) is 28.2. The first-order chi connectivity index (χ1) is 54.8. The molecule has 0 aliphatic carbocycles. The van der Waals surface area contributed by atoms with Crippen LogP contribution in [0.4, 0.5) is 94.2 Å². The van der Waals surface area contributed by atoms with E-state index in [0.717, 1.165) is 166 Å². The highest BCUT2D eigenvalue weighted by molar-refractivity contribution is 6.07. The molecule has 0 unspecified atom stereocenters. The number of hydrogen-bond acceptors (Lipinski definition) is 26. The predicted octanol–water partition coefficient (Wildman–Crippen LogP) is 10.1. The van der Waals surface area contributed by atoms with Crippen LogP contribution in [-0.4, -0.2) is 202 Å². The molecule has 568 valence electrons. The summed E-state index contributed by atoms with van der Waals surface area (Å²) in [5, 5.41) is 11.5. The third-order valence-electron chi connectivity index (χ3n) is 21.0. The first-order valence-electron chi connectivity index (χ1n) is 37.4. The Labute approximate surface area is 643 Å². The van der Waals surface area contributed by atoms with E-state index >= 15 is 0 Å². The van der Waals surface area contributed by atoms with E-state index in [1.54, 1.807) is 101 Å². The van der Waals surface area contributed by atoms with Crippen molar-refractivity contribution in [3.8, 4) is 34.0 Å². The Morgan fingerprint density at radius 2 is 0.857 bits per heavy atom. The highest BCUT2D eigenvalue weighted by Crippen LogP contribution is 2.45. The average molecular weight is 1510 g/mol. The zero-order chi connectivity index (χ0) is 76.3. The summed E-state index contributed by atoms with van der Waals surface area (Å²) in [5.74, 6) is 6.05. The molecule has 20 rings (SSSR count). The maximum atomic E-state index is 13.3. The number of oxazole rings is 1. The van der Waals surface area contributed by atoms with Crippen LogP contribution in [0.2, 0.25) is 0 Å². The van der Waals surface area contributed by atoms with Gasteiger partial charge in [-0.15, -0.1) is 0 Å². The number of ether oxygens (including phenoxy) is 1. The monoisotopic (exact) mass is 1500 g/mol. The van der Waals surface area contributed by atoms with Gasteiger partial charge in [-0.1, -0.05) is 6.92 Å². The van der Waals surface area contributed by atoms with E-state index in [0.29, 0.717) is 77.0 Å². The number of fused-ring (bicyclic) bond motifs is 16. The van der Waals surface area contributed by atoms with E-state index < -0.39 is 0 Å². The summed E-state index contributed by atoms with van der Waals surface area (Å²) in [6, 6.07) is 23.5. The maximum Gasteiger partial charge on any atom is 0.329 e. The second-order valence-electron chi connectivity index (χ2n) is 28.2. The van der Waals surface area contributed by atoms with Crippen LogP contribution < -0.4 is 65.4 Å². The molecule has 0 radical (unpaired) electrons. The molecule has 11 aromatic rings. The fraction of sp³-hybridized carbons (Fsp3) is 0.321. The Hall–Kier alpha value is -13.5. The first-order valence-corrected chi connectivity index (χ1v) is 37.4. The molecule has 9 aliphatic rings. The maximum absolute atomic E-state index is 13.3. The molecule has 112 heavy (non-hydrogen) atoms. The summed E-state index contributed by atoms with van der Waals surface area (Å²) < 4.78 is 11.0. The number of aromatic nitrogens is 15. The van der Waals surface area contributed by atoms with Crippen molar-refractivity contribution in [2.45, 2.75) is 84.0 Å². The smallest absolute Gasteiger partial charge is 0.329 e. The van der Waals surface area contributed by atoms with E-state index in [1.165, 1.54) is 12.5 Å². The highest BCUT2D eigenvalue weighted by atomic mass is 16.5. The number of nitrogens with zero attached hydrogens (tertiary/aromatic N) is 24. The van der Waals surface area contributed by atoms with Gasteiger partial charge in [0.05, 0.1) is 126 Å². The largest absolute Gasteiger partial charge is 0.439 e. The van der Waals surface area contributed by atoms with Crippen LogP contribution in [0.3, 0.4) is 0 Å². The van der Waals surface area contributed by atoms with Crippen LogP contribution >= 0.6 is 0 Å². The Morgan fingerprint density at radius 1 is 0.411 bits per heavy atom. The van der Waals surface area contributed by atoms with Gasteiger partial charge in [0.25, 0.3) is 0 Å². The Bertz CT molecular complexity index is 5280. The fourth-order valence-electron chi connectivity index (χ4n) is 15.6. The number of hydrogen-bond donors (Lipinski definition) is 4. The molecule has 34 nitrogen and oxygen atoms in total. The fourth-order valence-corrected chi connectivity index (χ4v) is 15.6. The quantitative estimate of drug-likeness (QED) is 0.104. The number of anilines is 13. The van der Waals surface area contributed by atoms with E-state index in [4.69, 9.17) is 29.1 Å².